The highest BCUT2D eigenvalue weighted by atomic mass is 16.5. The summed E-state index contributed by atoms with van der Waals surface area (Å²) in [4.78, 5) is 12.0. The third-order valence-electron chi connectivity index (χ3n) is 6.80. The van der Waals surface area contributed by atoms with Gasteiger partial charge < -0.3 is 9.47 Å². The smallest absolute Gasteiger partial charge is 0.251 e. The summed E-state index contributed by atoms with van der Waals surface area (Å²) in [5, 5.41) is 10.1. The van der Waals surface area contributed by atoms with E-state index in [2.05, 4.69) is 12.2 Å². The first-order valence-electron chi connectivity index (χ1n) is 10.8. The van der Waals surface area contributed by atoms with Gasteiger partial charge in [0.1, 0.15) is 0 Å². The fourth-order valence-electron chi connectivity index (χ4n) is 5.09. The molecule has 1 aliphatic carbocycles. The van der Waals surface area contributed by atoms with E-state index in [4.69, 9.17) is 9.47 Å². The highest BCUT2D eigenvalue weighted by Crippen LogP contribution is 2.45. The molecule has 4 atom stereocenters. The average Bonchev–Trinajstić information content (AvgIpc) is 3.36. The Morgan fingerprint density at radius 1 is 1.15 bits per heavy atom. The van der Waals surface area contributed by atoms with Crippen LogP contribution in [0.15, 0.2) is 12.2 Å². The van der Waals surface area contributed by atoms with Gasteiger partial charge in [0.2, 0.25) is 0 Å². The molecule has 2 bridgehead atoms. The third kappa shape index (κ3) is 5.12. The van der Waals surface area contributed by atoms with E-state index in [1.54, 1.807) is 0 Å². The average molecular weight is 380 g/mol. The van der Waals surface area contributed by atoms with Gasteiger partial charge in [-0.15, -0.1) is 0 Å². The van der Waals surface area contributed by atoms with E-state index in [-0.39, 0.29) is 5.91 Å². The van der Waals surface area contributed by atoms with Crippen molar-refractivity contribution in [1.82, 2.24) is 5.06 Å². The Morgan fingerprint density at radius 3 is 2.48 bits per heavy atom. The molecule has 0 radical (unpaired) electrons. The number of hydroxylamine groups is 2. The first-order valence-corrected chi connectivity index (χ1v) is 10.8. The van der Waals surface area contributed by atoms with Crippen LogP contribution in [0.3, 0.4) is 0 Å². The van der Waals surface area contributed by atoms with Crippen molar-refractivity contribution in [3.63, 3.8) is 0 Å². The van der Waals surface area contributed by atoms with Gasteiger partial charge in [0.15, 0.2) is 0 Å². The summed E-state index contributed by atoms with van der Waals surface area (Å²) < 4.78 is 12.4. The lowest BCUT2D eigenvalue weighted by molar-refractivity contribution is -0.169. The molecule has 1 N–H and O–H groups in total. The molecule has 154 valence electrons. The molecule has 0 aromatic rings. The van der Waals surface area contributed by atoms with E-state index in [1.165, 1.54) is 45.6 Å². The fraction of sp³-hybridized carbons (Fsp3) is 0.864. The van der Waals surface area contributed by atoms with Gasteiger partial charge in [-0.2, -0.15) is 0 Å². The summed E-state index contributed by atoms with van der Waals surface area (Å²) in [6.45, 7) is 4.63. The van der Waals surface area contributed by atoms with Crippen molar-refractivity contribution in [2.24, 2.45) is 17.3 Å². The maximum absolute atomic E-state index is 12.0. The zero-order valence-electron chi connectivity index (χ0n) is 17.2. The van der Waals surface area contributed by atoms with E-state index >= 15 is 0 Å². The zero-order chi connectivity index (χ0) is 19.4. The van der Waals surface area contributed by atoms with Crippen molar-refractivity contribution in [3.05, 3.63) is 12.2 Å². The predicted octanol–water partition coefficient (Wildman–Crippen LogP) is 4.34. The van der Waals surface area contributed by atoms with E-state index < -0.39 is 5.41 Å². The minimum atomic E-state index is -0.541. The van der Waals surface area contributed by atoms with Crippen molar-refractivity contribution in [1.29, 1.82) is 0 Å². The van der Waals surface area contributed by atoms with Crippen LogP contribution in [0.25, 0.3) is 0 Å². The molecule has 27 heavy (non-hydrogen) atoms. The number of carbonyl (C=O) groups is 1. The number of ether oxygens (including phenoxy) is 2. The Morgan fingerprint density at radius 2 is 1.81 bits per heavy atom. The Labute approximate surface area is 164 Å². The lowest BCUT2D eigenvalue weighted by Gasteiger charge is -2.28. The predicted molar refractivity (Wildman–Crippen MR) is 104 cm³/mol. The van der Waals surface area contributed by atoms with Crippen LogP contribution < -0.4 is 0 Å². The van der Waals surface area contributed by atoms with Crippen molar-refractivity contribution >= 4 is 5.91 Å². The maximum Gasteiger partial charge on any atom is 0.251 e. The molecule has 5 nitrogen and oxygen atoms in total. The van der Waals surface area contributed by atoms with Crippen LogP contribution in [0.2, 0.25) is 0 Å². The second-order valence-corrected chi connectivity index (χ2v) is 9.32. The largest absolute Gasteiger partial charge is 0.378 e. The molecule has 3 fully saturated rings. The number of fused-ring (bicyclic) bond motifs is 2. The van der Waals surface area contributed by atoms with Crippen LogP contribution in [0.4, 0.5) is 0 Å². The molecule has 0 aromatic heterocycles. The lowest BCUT2D eigenvalue weighted by atomic mass is 9.77. The molecule has 3 aliphatic rings. The van der Waals surface area contributed by atoms with Crippen LogP contribution in [0.1, 0.15) is 71.6 Å². The second-order valence-electron chi connectivity index (χ2n) is 9.32. The van der Waals surface area contributed by atoms with Gasteiger partial charge in [-0.25, -0.2) is 5.06 Å². The van der Waals surface area contributed by atoms with Crippen LogP contribution in [0.5, 0.6) is 0 Å². The molecule has 2 heterocycles. The first kappa shape index (κ1) is 20.8. The minimum Gasteiger partial charge on any atom is -0.378 e. The van der Waals surface area contributed by atoms with Gasteiger partial charge in [-0.05, 0) is 50.9 Å². The number of hydrogen-bond donors (Lipinski definition) is 1. The van der Waals surface area contributed by atoms with Gasteiger partial charge >= 0.3 is 0 Å². The van der Waals surface area contributed by atoms with Gasteiger partial charge in [-0.1, -0.05) is 38.8 Å². The minimum absolute atomic E-state index is 0.235. The van der Waals surface area contributed by atoms with Gasteiger partial charge in [-0.3, -0.25) is 10.0 Å². The molecule has 1 saturated carbocycles. The van der Waals surface area contributed by atoms with Crippen molar-refractivity contribution in [2.45, 2.75) is 89.9 Å². The highest BCUT2D eigenvalue weighted by Gasteiger charge is 2.48. The summed E-state index contributed by atoms with van der Waals surface area (Å²) in [6, 6.07) is 0. The van der Waals surface area contributed by atoms with Gasteiger partial charge in [0.25, 0.3) is 5.91 Å². The Hall–Kier alpha value is -0.910. The van der Waals surface area contributed by atoms with E-state index in [9.17, 15) is 10.0 Å². The summed E-state index contributed by atoms with van der Waals surface area (Å²) in [5.74, 6) is 0.871. The summed E-state index contributed by atoms with van der Waals surface area (Å²) in [6.07, 6.45) is 15.8. The second kappa shape index (κ2) is 9.06. The Balaban J connectivity index is 1.44. The van der Waals surface area contributed by atoms with E-state index in [0.29, 0.717) is 35.2 Å². The maximum atomic E-state index is 12.0. The standard InChI is InChI=1S/C22H37NO4/c1-22(2,21(24)23(3)25)14-8-4-5-11-17-18(20-13-12-19(17)27-20)15-26-16-9-6-7-10-16/h4-5,16-20,25H,6-15H2,1-3H3/t17-,18+,19-,20+/m0/s1. The highest BCUT2D eigenvalue weighted by molar-refractivity contribution is 5.80. The van der Waals surface area contributed by atoms with Crippen molar-refractivity contribution in [2.75, 3.05) is 13.7 Å². The quantitative estimate of drug-likeness (QED) is 0.368. The fourth-order valence-corrected chi connectivity index (χ4v) is 5.09. The normalized spacial score (nSPS) is 31.3. The van der Waals surface area contributed by atoms with Crippen LogP contribution in [-0.2, 0) is 14.3 Å². The molecule has 1 amide bonds. The van der Waals surface area contributed by atoms with Gasteiger partial charge in [0.05, 0.1) is 24.9 Å². The molecule has 2 aliphatic heterocycles. The number of allylic oxidation sites excluding steroid dienone is 2. The van der Waals surface area contributed by atoms with Crippen molar-refractivity contribution < 1.29 is 19.5 Å². The Kier molecular flexibility index (Phi) is 6.98. The lowest BCUT2D eigenvalue weighted by Crippen LogP contribution is -2.36. The molecule has 0 unspecified atom stereocenters. The Bertz CT molecular complexity index is 524. The van der Waals surface area contributed by atoms with Crippen LogP contribution in [-0.4, -0.2) is 48.1 Å². The van der Waals surface area contributed by atoms with Crippen LogP contribution in [0, 0.1) is 17.3 Å². The molecule has 3 rings (SSSR count). The monoisotopic (exact) mass is 379 g/mol. The topological polar surface area (TPSA) is 59.0 Å². The number of nitrogens with zero attached hydrogens (tertiary/aromatic N) is 1. The van der Waals surface area contributed by atoms with E-state index in [1.807, 2.05) is 13.8 Å². The summed E-state index contributed by atoms with van der Waals surface area (Å²) in [5.41, 5.74) is -0.541. The number of hydrogen-bond acceptors (Lipinski definition) is 4. The molecule has 2 saturated heterocycles. The van der Waals surface area contributed by atoms with Gasteiger partial charge in [0, 0.05) is 18.4 Å². The number of amides is 1. The first-order chi connectivity index (χ1) is 12.9. The molecule has 0 aromatic carbocycles. The summed E-state index contributed by atoms with van der Waals surface area (Å²) >= 11 is 0. The van der Waals surface area contributed by atoms with Crippen molar-refractivity contribution in [3.8, 4) is 0 Å². The zero-order valence-corrected chi connectivity index (χ0v) is 17.2. The molecular weight excluding hydrogens is 342 g/mol. The van der Waals surface area contributed by atoms with Crippen LogP contribution >= 0.6 is 0 Å². The number of carbonyl (C=O) groups excluding carboxylic acids is 1. The SMILES string of the molecule is CN(O)C(=O)C(C)(C)CCC=CC[C@H]1[C@@H](COC2CCCC2)[C@H]2CC[C@@H]1O2. The van der Waals surface area contributed by atoms with E-state index in [0.717, 1.165) is 25.9 Å². The number of rotatable bonds is 9. The molecular formula is C22H37NO4. The third-order valence-corrected chi connectivity index (χ3v) is 6.80. The summed E-state index contributed by atoms with van der Waals surface area (Å²) in [7, 11) is 1.39. The molecule has 5 heteroatoms. The molecule has 0 spiro atoms.